The van der Waals surface area contributed by atoms with Crippen molar-refractivity contribution < 1.29 is 22.4 Å². The zero-order valence-electron chi connectivity index (χ0n) is 24.5. The molecule has 12 heteroatoms. The molecule has 230 valence electrons. The summed E-state index contributed by atoms with van der Waals surface area (Å²) in [5.41, 5.74) is -0.262. The summed E-state index contributed by atoms with van der Waals surface area (Å²) >= 11 is 12.2. The lowest BCUT2D eigenvalue weighted by Crippen LogP contribution is -2.63. The van der Waals surface area contributed by atoms with Crippen molar-refractivity contribution in [3.8, 4) is 0 Å². The number of rotatable bonds is 9. The van der Waals surface area contributed by atoms with Crippen LogP contribution in [0.2, 0.25) is 5.02 Å². The topological polar surface area (TPSA) is 116 Å². The molecule has 2 fully saturated rings. The number of nitrogens with one attached hydrogen (secondary N) is 4. The summed E-state index contributed by atoms with van der Waals surface area (Å²) in [6.07, 6.45) is 7.16. The number of carbonyl (C=O) groups is 2. The van der Waals surface area contributed by atoms with Crippen molar-refractivity contribution in [2.45, 2.75) is 76.0 Å². The van der Waals surface area contributed by atoms with Crippen LogP contribution in [0.15, 0.2) is 53.6 Å². The quantitative estimate of drug-likeness (QED) is 0.292. The number of hydrogen-bond donors (Lipinski definition) is 4. The Kier molecular flexibility index (Phi) is 9.09. The zero-order valence-corrected chi connectivity index (χ0v) is 26.8. The molecule has 1 saturated heterocycles. The molecule has 1 aliphatic carbocycles. The summed E-state index contributed by atoms with van der Waals surface area (Å²) in [6, 6.07) is 3.70. The van der Waals surface area contributed by atoms with Gasteiger partial charge >= 0.3 is 0 Å². The Balaban J connectivity index is 1.75. The minimum atomic E-state index is -3.41. The fourth-order valence-electron chi connectivity index (χ4n) is 6.85. The van der Waals surface area contributed by atoms with Gasteiger partial charge in [0.05, 0.1) is 12.3 Å². The van der Waals surface area contributed by atoms with E-state index >= 15 is 0 Å². The van der Waals surface area contributed by atoms with Crippen molar-refractivity contribution in [3.05, 3.63) is 64.2 Å². The van der Waals surface area contributed by atoms with Gasteiger partial charge in [-0.15, -0.1) is 0 Å². The molecular weight excluding hydrogens is 602 g/mol. The molecule has 42 heavy (non-hydrogen) atoms. The Hall–Kier alpha value is -2.24. The monoisotopic (exact) mass is 640 g/mol. The molecule has 0 unspecified atom stereocenters. The van der Waals surface area contributed by atoms with E-state index in [0.717, 1.165) is 11.8 Å². The minimum Gasteiger partial charge on any atom is -0.352 e. The van der Waals surface area contributed by atoms with Gasteiger partial charge in [-0.1, -0.05) is 68.8 Å². The maximum absolute atomic E-state index is 14.1. The Morgan fingerprint density at radius 3 is 2.55 bits per heavy atom. The third kappa shape index (κ3) is 6.63. The Morgan fingerprint density at radius 2 is 1.95 bits per heavy atom. The highest BCUT2D eigenvalue weighted by molar-refractivity contribution is 7.88. The van der Waals surface area contributed by atoms with Gasteiger partial charge in [0.1, 0.15) is 12.1 Å². The first-order valence-electron chi connectivity index (χ1n) is 13.8. The number of fused-ring (bicyclic) bond motifs is 2. The van der Waals surface area contributed by atoms with E-state index in [1.807, 2.05) is 6.07 Å². The van der Waals surface area contributed by atoms with Crippen molar-refractivity contribution >= 4 is 50.7 Å². The number of halogens is 3. The van der Waals surface area contributed by atoms with Crippen LogP contribution in [0, 0.1) is 11.3 Å². The second kappa shape index (κ2) is 11.7. The van der Waals surface area contributed by atoms with E-state index in [1.165, 1.54) is 6.08 Å². The third-order valence-corrected chi connectivity index (χ3v) is 9.52. The summed E-state index contributed by atoms with van der Waals surface area (Å²) in [5.74, 6) is -1.30. The van der Waals surface area contributed by atoms with Crippen molar-refractivity contribution in [2.24, 2.45) is 11.3 Å². The number of carbonyl (C=O) groups excluding carboxylic acids is 2. The molecule has 1 aromatic carbocycles. The van der Waals surface area contributed by atoms with Crippen LogP contribution in [0.5, 0.6) is 0 Å². The Labute approximate surface area is 257 Å². The van der Waals surface area contributed by atoms with E-state index in [-0.39, 0.29) is 28.3 Å². The summed E-state index contributed by atoms with van der Waals surface area (Å²) in [6.45, 7) is 11.5. The van der Waals surface area contributed by atoms with Crippen LogP contribution >= 0.6 is 23.2 Å². The summed E-state index contributed by atoms with van der Waals surface area (Å²) in [5, 5.41) is 10.1. The van der Waals surface area contributed by atoms with E-state index < -0.39 is 45.7 Å². The lowest BCUT2D eigenvalue weighted by Gasteiger charge is -2.45. The predicted molar refractivity (Wildman–Crippen MR) is 166 cm³/mol. The van der Waals surface area contributed by atoms with Gasteiger partial charge in [-0.2, -0.15) is 0 Å². The van der Waals surface area contributed by atoms with E-state index in [0.29, 0.717) is 35.5 Å². The molecule has 1 saturated carbocycles. The fraction of sp³-hybridized carbons (Fsp3) is 0.533. The average molecular weight is 642 g/mol. The second-order valence-electron chi connectivity index (χ2n) is 13.2. The van der Waals surface area contributed by atoms with E-state index in [4.69, 9.17) is 23.2 Å². The summed E-state index contributed by atoms with van der Waals surface area (Å²) in [7, 11) is -3.41. The SMILES string of the molecule is C=C(/C=C\C=C(\Cl)CF)[C@H]1[C@H](C(=O)NC2CC(C)(NS(C)(=O)=O)C2)N[C@H](CC(C)(C)C)[C@]12C(=O)Nc1cc(Cl)ccc12. The van der Waals surface area contributed by atoms with Gasteiger partial charge in [0, 0.05) is 39.3 Å². The molecule has 2 amide bonds. The number of alkyl halides is 1. The number of hydrogen-bond acceptors (Lipinski definition) is 5. The van der Waals surface area contributed by atoms with Gasteiger partial charge < -0.3 is 16.0 Å². The van der Waals surface area contributed by atoms with Crippen LogP contribution < -0.4 is 20.7 Å². The number of benzene rings is 1. The summed E-state index contributed by atoms with van der Waals surface area (Å²) in [4.78, 5) is 28.1. The maximum atomic E-state index is 14.1. The van der Waals surface area contributed by atoms with Crippen molar-refractivity contribution in [2.75, 3.05) is 18.2 Å². The van der Waals surface area contributed by atoms with Crippen LogP contribution in [0.3, 0.4) is 0 Å². The first-order chi connectivity index (χ1) is 19.4. The molecule has 4 rings (SSSR count). The van der Waals surface area contributed by atoms with Crippen LogP contribution in [0.25, 0.3) is 0 Å². The summed E-state index contributed by atoms with van der Waals surface area (Å²) < 4.78 is 39.2. The van der Waals surface area contributed by atoms with E-state index in [1.54, 1.807) is 31.2 Å². The average Bonchev–Trinajstić information content (AvgIpc) is 3.30. The van der Waals surface area contributed by atoms with Gasteiger partial charge in [-0.25, -0.2) is 17.5 Å². The van der Waals surface area contributed by atoms with E-state index in [9.17, 15) is 22.4 Å². The van der Waals surface area contributed by atoms with Crippen LogP contribution in [0.1, 0.15) is 52.5 Å². The van der Waals surface area contributed by atoms with Gasteiger partial charge in [0.15, 0.2) is 0 Å². The fourth-order valence-corrected chi connectivity index (χ4v) is 8.16. The van der Waals surface area contributed by atoms with Crippen molar-refractivity contribution in [1.82, 2.24) is 15.4 Å². The van der Waals surface area contributed by atoms with Gasteiger partial charge in [0.25, 0.3) is 0 Å². The normalized spacial score (nSPS) is 31.2. The number of allylic oxidation sites excluding steroid dienone is 4. The van der Waals surface area contributed by atoms with Crippen LogP contribution in [0.4, 0.5) is 10.1 Å². The van der Waals surface area contributed by atoms with Crippen LogP contribution in [-0.4, -0.2) is 56.8 Å². The van der Waals surface area contributed by atoms with Crippen molar-refractivity contribution in [3.63, 3.8) is 0 Å². The highest BCUT2D eigenvalue weighted by atomic mass is 35.5. The standard InChI is InChI=1S/C30H39Cl2FN4O4S/c1-17(8-7-9-19(32)16-33)24-25(26(38)34-20-13-29(5,14-20)37-42(6,40)41)36-23(15-28(2,3)4)30(24)21-11-10-18(31)12-22(21)35-27(30)39/h7-12,20,23-25,36-37H,1,13-16H2,2-6H3,(H,34,38)(H,35,39)/b8-7-,19-9+/t20?,23-,24+,25-,29?,30+/m1/s1. The number of sulfonamides is 1. The maximum Gasteiger partial charge on any atom is 0.238 e. The molecular formula is C30H39Cl2FN4O4S. The molecule has 8 nitrogen and oxygen atoms in total. The number of anilines is 1. The molecule has 4 N–H and O–H groups in total. The van der Waals surface area contributed by atoms with Crippen molar-refractivity contribution in [1.29, 1.82) is 0 Å². The molecule has 2 heterocycles. The van der Waals surface area contributed by atoms with Gasteiger partial charge in [0.2, 0.25) is 21.8 Å². The molecule has 4 atom stereocenters. The molecule has 0 aromatic heterocycles. The lowest BCUT2D eigenvalue weighted by atomic mass is 9.62. The first kappa shape index (κ1) is 32.7. The smallest absolute Gasteiger partial charge is 0.238 e. The molecule has 0 radical (unpaired) electrons. The predicted octanol–water partition coefficient (Wildman–Crippen LogP) is 4.71. The molecule has 2 aliphatic heterocycles. The Morgan fingerprint density at radius 1 is 1.29 bits per heavy atom. The third-order valence-electron chi connectivity index (χ3n) is 8.19. The van der Waals surface area contributed by atoms with Crippen LogP contribution in [-0.2, 0) is 25.0 Å². The lowest BCUT2D eigenvalue weighted by molar-refractivity contribution is -0.125. The second-order valence-corrected chi connectivity index (χ2v) is 15.9. The zero-order chi connectivity index (χ0) is 31.3. The molecule has 0 bridgehead atoms. The molecule has 1 spiro atoms. The first-order valence-corrected chi connectivity index (χ1v) is 16.5. The highest BCUT2D eigenvalue weighted by Crippen LogP contribution is 2.55. The van der Waals surface area contributed by atoms with E-state index in [2.05, 4.69) is 48.0 Å². The Bertz CT molecular complexity index is 1450. The highest BCUT2D eigenvalue weighted by Gasteiger charge is 2.66. The molecule has 3 aliphatic rings. The van der Waals surface area contributed by atoms with Gasteiger partial charge in [-0.05, 0) is 60.9 Å². The largest absolute Gasteiger partial charge is 0.352 e. The van der Waals surface area contributed by atoms with Gasteiger partial charge in [-0.3, -0.25) is 9.59 Å². The minimum absolute atomic E-state index is 0.00699. The molecule has 1 aromatic rings. The number of amides is 2.